The molecule has 0 unspecified atom stereocenters. The van der Waals surface area contributed by atoms with E-state index in [9.17, 15) is 9.59 Å². The first-order chi connectivity index (χ1) is 12.1. The van der Waals surface area contributed by atoms with Crippen molar-refractivity contribution in [2.75, 3.05) is 0 Å². The second kappa shape index (κ2) is 1220. The van der Waals surface area contributed by atoms with Crippen LogP contribution < -0.4 is 0 Å². The summed E-state index contributed by atoms with van der Waals surface area (Å²) >= 11 is 4.71. The number of aliphatic hydroxyl groups excluding tert-OH is 2. The van der Waals surface area contributed by atoms with Crippen LogP contribution in [0.25, 0.3) is 0 Å². The van der Waals surface area contributed by atoms with Gasteiger partial charge in [0.1, 0.15) is 0 Å². The Hall–Kier alpha value is -5.17. The number of esters is 1. The maximum atomic E-state index is 9.78. The van der Waals surface area contributed by atoms with E-state index in [1.165, 1.54) is 0 Å². The van der Waals surface area contributed by atoms with E-state index in [0.29, 0.717) is 0 Å². The molecule has 0 aromatic carbocycles. The van der Waals surface area contributed by atoms with Gasteiger partial charge in [-0.05, 0) is 17.7 Å². The van der Waals surface area contributed by atoms with Crippen molar-refractivity contribution >= 4 is 22.8 Å². The van der Waals surface area contributed by atoms with Gasteiger partial charge in [0.2, 0.25) is 5.24 Å². The Balaban J connectivity index is -0.00000000591. The average molecular weight is 1520 g/mol. The van der Waals surface area contributed by atoms with Crippen LogP contribution in [0.3, 0.4) is 0 Å². The van der Waals surface area contributed by atoms with Gasteiger partial charge >= 0.3 is 0 Å². The Kier molecular flexibility index (Phi) is 6320. The van der Waals surface area contributed by atoms with Gasteiger partial charge in [-0.25, -0.2) is 19.0 Å². The van der Waals surface area contributed by atoms with Gasteiger partial charge in [0.15, 0.2) is 0 Å². The van der Waals surface area contributed by atoms with Crippen LogP contribution in [0.2, 0.25) is 0 Å². The molecule has 5 nitrogen and oxygen atoms in total. The van der Waals surface area contributed by atoms with Crippen molar-refractivity contribution in [3.05, 3.63) is 81.3 Å². The molecule has 0 aromatic heterocycles. The van der Waals surface area contributed by atoms with E-state index in [1.807, 2.05) is 0 Å². The van der Waals surface area contributed by atoms with Crippen LogP contribution in [0.4, 0.5) is 0 Å². The summed E-state index contributed by atoms with van der Waals surface area (Å²) in [6, 6.07) is 0. The van der Waals surface area contributed by atoms with Gasteiger partial charge in [-0.15, -0.1) is 0 Å². The van der Waals surface area contributed by atoms with Gasteiger partial charge in [-0.2, -0.15) is 41.7 Å². The topological polar surface area (TPSA) is 83.8 Å². The standard InChI is InChI=1S/C4H5O2.C3H3ClO.5C2H5.2CH3O.4CH4.4Rf/c1-3-4(5)6-2;1-2-3(4)5;7*1-2;;;;;;;;/h3H,1-2H2;2H,1H2;5*1H2,2H3;2*2H,1H2;4*1H4;;;;/q-1;;7*-1;;;;;;;;. The van der Waals surface area contributed by atoms with Crippen molar-refractivity contribution in [2.24, 2.45) is 0 Å². The first kappa shape index (κ1) is 171. The van der Waals surface area contributed by atoms with E-state index < -0.39 is 11.2 Å². The number of allylic oxidation sites excluding steroid dienone is 1. The molecule has 0 amide bonds. The monoisotopic (exact) mass is 1510 g/mol. The van der Waals surface area contributed by atoms with Crippen molar-refractivity contribution in [3.8, 4) is 0 Å². The molecule has 0 fully saturated rings. The van der Waals surface area contributed by atoms with Crippen molar-refractivity contribution in [2.45, 2.75) is 64.3 Å². The Morgan fingerprint density at radius 3 is 0.758 bits per heavy atom. The number of aliphatic hydroxyl groups is 2. The first-order valence-electron chi connectivity index (χ1n) is 6.65. The van der Waals surface area contributed by atoms with Crippen molar-refractivity contribution < 1.29 is 24.5 Å². The molecule has 0 saturated heterocycles. The zero-order valence-electron chi connectivity index (χ0n) is 19.6. The second-order valence-electron chi connectivity index (χ2n) is 1.18. The third-order valence-corrected chi connectivity index (χ3v) is 0.624. The Labute approximate surface area is 193 Å². The minimum absolute atomic E-state index is 0. The van der Waals surface area contributed by atoms with Crippen LogP contribution in [0.1, 0.15) is 64.3 Å². The molecule has 0 rings (SSSR count). The fraction of sp³-hybridized carbons (Fsp3) is 0.391. The molecule has 200 valence electrons. The third-order valence-electron chi connectivity index (χ3n) is 0.469. The number of carbonyl (C=O) groups excluding carboxylic acids is 2. The number of carbonyl (C=O) groups is 2. The van der Waals surface area contributed by atoms with Crippen LogP contribution in [0, 0.1) is 55.9 Å². The molecule has 10 heteroatoms. The zero-order valence-corrected chi connectivity index (χ0v) is 45.9. The number of rotatable bonds is 2. The minimum atomic E-state index is -0.509. The summed E-state index contributed by atoms with van der Waals surface area (Å²) in [5.74, 6) is -0.505. The van der Waals surface area contributed by atoms with Gasteiger partial charge in [0, 0.05) is 6.08 Å². The summed E-state index contributed by atoms with van der Waals surface area (Å²) in [7, 11) is 7.34. The maximum absolute atomic E-state index is 9.78. The molecule has 0 saturated carbocycles. The fourth-order valence-corrected chi connectivity index (χ4v) is 0.0589. The largest absolute Gasteiger partial charge is 0.637 e. The van der Waals surface area contributed by atoms with E-state index in [2.05, 4.69) is 73.8 Å². The summed E-state index contributed by atoms with van der Waals surface area (Å²) in [6.07, 6.45) is 2.09. The van der Waals surface area contributed by atoms with E-state index in [4.69, 9.17) is 21.8 Å². The van der Waals surface area contributed by atoms with Gasteiger partial charge in [0.05, 0.1) is 0 Å². The molecule has 0 atom stereocenters. The van der Waals surface area contributed by atoms with Crippen molar-refractivity contribution in [1.82, 2.24) is 0 Å². The third kappa shape index (κ3) is 24000. The summed E-state index contributed by atoms with van der Waals surface area (Å²) in [5, 5.41) is 13.0. The molecule has 0 bridgehead atoms. The fourth-order valence-electron chi connectivity index (χ4n) is 0.0589. The van der Waals surface area contributed by atoms with Crippen LogP contribution in [-0.4, -0.2) is 21.4 Å². The van der Waals surface area contributed by atoms with Crippen LogP contribution >= 0.6 is 11.6 Å². The molecule has 33 heavy (non-hydrogen) atoms. The van der Waals surface area contributed by atoms with Gasteiger partial charge in [-0.1, -0.05) is 42.9 Å². The van der Waals surface area contributed by atoms with Gasteiger partial charge < -0.3 is 49.6 Å². The van der Waals surface area contributed by atoms with Crippen LogP contribution in [0.15, 0.2) is 25.3 Å². The summed E-state index contributed by atoms with van der Waals surface area (Å²) in [5.41, 5.74) is 0. The number of ether oxygens (including phenoxy) is 1. The van der Waals surface area contributed by atoms with Gasteiger partial charge in [-0.3, -0.25) is 4.79 Å². The van der Waals surface area contributed by atoms with Crippen molar-refractivity contribution in [1.29, 1.82) is 0 Å². The normalized spacial score (nSPS) is 3.52. The molecular formula is C23H55ClO5Rf4-8. The Morgan fingerprint density at radius 1 is 0.636 bits per heavy atom. The number of hydrogen-bond donors (Lipinski definition) is 2. The van der Waals surface area contributed by atoms with E-state index in [0.717, 1.165) is 12.2 Å². The second-order valence-corrected chi connectivity index (χ2v) is 1.55. The molecular weight excluding hydrogens is 1460 g/mol. The van der Waals surface area contributed by atoms with E-state index in [1.54, 1.807) is 34.6 Å². The Bertz CT molecular complexity index is 192. The molecule has 0 spiro atoms. The minimum Gasteiger partial charge on any atom is -0.637 e. The SMILES string of the molecule is C.C.C.C.C=CC(=O)Cl.C=CC(=O)O[CH2-].[CH2-]C.[CH2-]C.[CH2-]C.[CH2-]C.[CH2-]C.[CH2-]O.[CH2-]O.[Rf].[Rf].[Rf].[Rf]. The molecule has 0 aliphatic carbocycles. The maximum Gasteiger partial charge on any atom is 0.298 e. The predicted octanol–water partition coefficient (Wildman–Crippen LogP) is 8.49. The zero-order chi connectivity index (χ0) is 23.3. The number of halogens is 1. The van der Waals surface area contributed by atoms with E-state index in [-0.39, 0.29) is 29.7 Å². The Morgan fingerprint density at radius 2 is 0.758 bits per heavy atom. The molecule has 0 aromatic rings. The van der Waals surface area contributed by atoms with Crippen LogP contribution in [0.5, 0.6) is 0 Å². The summed E-state index contributed by atoms with van der Waals surface area (Å²) in [6.45, 7) is 31.2. The average Bonchev–Trinajstić information content (AvgIpc) is 2.77. The quantitative estimate of drug-likeness (QED) is 0.126. The molecule has 0 radical (unpaired) electrons. The molecule has 0 aliphatic heterocycles. The molecule has 0 heterocycles. The first-order valence-corrected chi connectivity index (χ1v) is 7.03. The van der Waals surface area contributed by atoms with Crippen molar-refractivity contribution in [3.63, 3.8) is 0 Å². The van der Waals surface area contributed by atoms with E-state index >= 15 is 0 Å². The number of hydrogen-bond acceptors (Lipinski definition) is 5. The van der Waals surface area contributed by atoms with Crippen LogP contribution in [-0.2, 0) is 14.3 Å². The van der Waals surface area contributed by atoms with Gasteiger partial charge in [0.25, 0.3) is 5.97 Å². The molecule has 0 aliphatic rings. The smallest absolute Gasteiger partial charge is 0.298 e. The summed E-state index contributed by atoms with van der Waals surface area (Å²) in [4.78, 5) is 19.2. The molecule has 2 N–H and O–H groups in total. The predicted molar refractivity (Wildman–Crippen MR) is 139 cm³/mol. The summed E-state index contributed by atoms with van der Waals surface area (Å²) < 4.78 is 3.89.